The van der Waals surface area contributed by atoms with Gasteiger partial charge in [-0.15, -0.1) is 6.58 Å². The minimum Gasteiger partial charge on any atom is -0.493 e. The summed E-state index contributed by atoms with van der Waals surface area (Å²) in [7, 11) is 1.61. The van der Waals surface area contributed by atoms with Crippen LogP contribution in [0.1, 0.15) is 89.3 Å². The predicted octanol–water partition coefficient (Wildman–Crippen LogP) is 9.41. The molecule has 0 spiro atoms. The summed E-state index contributed by atoms with van der Waals surface area (Å²) in [6.07, 6.45) is 5.73. The number of benzene rings is 2. The third kappa shape index (κ3) is 6.23. The van der Waals surface area contributed by atoms with Crippen molar-refractivity contribution >= 4 is 34.8 Å². The molecular formula is C37H43Cl2NO4. The van der Waals surface area contributed by atoms with Crippen molar-refractivity contribution in [2.24, 2.45) is 10.8 Å². The number of halogens is 2. The van der Waals surface area contributed by atoms with Crippen molar-refractivity contribution in [1.29, 1.82) is 0 Å². The van der Waals surface area contributed by atoms with E-state index in [1.165, 1.54) is 0 Å². The van der Waals surface area contributed by atoms with Crippen molar-refractivity contribution in [2.75, 3.05) is 13.7 Å². The van der Waals surface area contributed by atoms with Gasteiger partial charge in [-0.2, -0.15) is 0 Å². The predicted molar refractivity (Wildman–Crippen MR) is 178 cm³/mol. The van der Waals surface area contributed by atoms with Gasteiger partial charge in [-0.1, -0.05) is 76.0 Å². The molecule has 2 aromatic rings. The Bertz CT molecular complexity index is 1530. The van der Waals surface area contributed by atoms with Crippen LogP contribution in [-0.4, -0.2) is 30.1 Å². The molecule has 2 aliphatic carbocycles. The Balaban J connectivity index is 1.69. The molecule has 1 aliphatic heterocycles. The minimum atomic E-state index is -0.461. The lowest BCUT2D eigenvalue weighted by Gasteiger charge is -2.49. The molecule has 0 N–H and O–H groups in total. The van der Waals surface area contributed by atoms with Crippen LogP contribution in [0.4, 0.5) is 0 Å². The average molecular weight is 637 g/mol. The molecule has 44 heavy (non-hydrogen) atoms. The van der Waals surface area contributed by atoms with E-state index in [1.54, 1.807) is 19.2 Å². The Labute approximate surface area is 271 Å². The molecule has 0 unspecified atom stereocenters. The monoisotopic (exact) mass is 635 g/mol. The van der Waals surface area contributed by atoms with E-state index in [9.17, 15) is 9.59 Å². The number of ether oxygens (including phenoxy) is 2. The number of nitrogens with zero attached hydrogens (tertiary/aromatic N) is 1. The molecule has 3 aliphatic rings. The second-order valence-corrected chi connectivity index (χ2v) is 14.8. The molecule has 7 heteroatoms. The SMILES string of the molecule is C=CCc1cc(C2C3=C(CC(C)(C)CC3=O)N(CCC)C3=C2C(=O)CC(C)(C)C3)cc(OC)c1OCc1ccc(Cl)cc1Cl. The third-order valence-electron chi connectivity index (χ3n) is 8.93. The van der Waals surface area contributed by atoms with Crippen LogP contribution in [0.5, 0.6) is 11.5 Å². The van der Waals surface area contributed by atoms with Crippen LogP contribution in [0.2, 0.25) is 10.0 Å². The maximum Gasteiger partial charge on any atom is 0.165 e. The quantitative estimate of drug-likeness (QED) is 0.257. The molecule has 2 aromatic carbocycles. The first-order valence-corrected chi connectivity index (χ1v) is 16.2. The lowest BCUT2D eigenvalue weighted by molar-refractivity contribution is -0.119. The molecule has 0 fully saturated rings. The number of carbonyl (C=O) groups excluding carboxylic acids is 2. The fourth-order valence-corrected chi connectivity index (χ4v) is 7.60. The van der Waals surface area contributed by atoms with E-state index in [2.05, 4.69) is 52.2 Å². The molecule has 0 saturated heterocycles. The highest BCUT2D eigenvalue weighted by atomic mass is 35.5. The molecule has 0 aromatic heterocycles. The van der Waals surface area contributed by atoms with Crippen molar-refractivity contribution in [1.82, 2.24) is 4.90 Å². The van der Waals surface area contributed by atoms with Gasteiger partial charge in [-0.3, -0.25) is 9.59 Å². The van der Waals surface area contributed by atoms with E-state index in [1.807, 2.05) is 18.2 Å². The Hall–Kier alpha value is -3.02. The van der Waals surface area contributed by atoms with E-state index in [0.29, 0.717) is 40.8 Å². The van der Waals surface area contributed by atoms with Gasteiger partial charge in [-0.25, -0.2) is 0 Å². The largest absolute Gasteiger partial charge is 0.493 e. The molecular weight excluding hydrogens is 593 g/mol. The summed E-state index contributed by atoms with van der Waals surface area (Å²) in [5.74, 6) is 0.901. The Morgan fingerprint density at radius 1 is 0.932 bits per heavy atom. The Kier molecular flexibility index (Phi) is 9.13. The summed E-state index contributed by atoms with van der Waals surface area (Å²) in [5, 5.41) is 1.08. The second kappa shape index (κ2) is 12.4. The summed E-state index contributed by atoms with van der Waals surface area (Å²) < 4.78 is 12.3. The minimum absolute atomic E-state index is 0.119. The topological polar surface area (TPSA) is 55.8 Å². The number of hydrogen-bond donors (Lipinski definition) is 0. The normalized spacial score (nSPS) is 19.6. The lowest BCUT2D eigenvalue weighted by Crippen LogP contribution is -2.44. The van der Waals surface area contributed by atoms with Crippen molar-refractivity contribution in [3.8, 4) is 11.5 Å². The van der Waals surface area contributed by atoms with Crippen LogP contribution in [0, 0.1) is 10.8 Å². The highest BCUT2D eigenvalue weighted by Gasteiger charge is 2.49. The number of ketones is 2. The molecule has 0 atom stereocenters. The van der Waals surface area contributed by atoms with E-state index >= 15 is 0 Å². The third-order valence-corrected chi connectivity index (χ3v) is 9.51. The summed E-state index contributed by atoms with van der Waals surface area (Å²) in [6.45, 7) is 15.8. The summed E-state index contributed by atoms with van der Waals surface area (Å²) in [4.78, 5) is 30.6. The van der Waals surface area contributed by atoms with Crippen molar-refractivity contribution in [2.45, 2.75) is 85.7 Å². The van der Waals surface area contributed by atoms with E-state index < -0.39 is 5.92 Å². The number of hydrogen-bond acceptors (Lipinski definition) is 5. The maximum absolute atomic E-state index is 14.1. The van der Waals surface area contributed by atoms with Gasteiger partial charge in [0, 0.05) is 69.0 Å². The fraction of sp³-hybridized carbons (Fsp3) is 0.459. The molecule has 234 valence electrons. The number of Topliss-reactive ketones (excluding diaryl/α,β-unsaturated/α-hetero) is 2. The molecule has 0 radical (unpaired) electrons. The lowest BCUT2D eigenvalue weighted by atomic mass is 9.63. The van der Waals surface area contributed by atoms with Gasteiger partial charge < -0.3 is 14.4 Å². The van der Waals surface area contributed by atoms with Gasteiger partial charge in [0.2, 0.25) is 0 Å². The number of carbonyl (C=O) groups is 2. The zero-order valence-corrected chi connectivity index (χ0v) is 28.3. The standard InChI is InChI=1S/C37H43Cl2NO4/c1-8-10-22-14-24(15-31(43-7)35(22)44-21-23-11-12-25(38)16-26(23)39)32-33-27(17-36(3,4)19-29(33)41)40(13-9-2)28-18-37(5,6)20-30(42)34(28)32/h8,11-12,14-16,32H,1,9-10,13,17-21H2,2-7H3. The van der Waals surface area contributed by atoms with Gasteiger partial charge in [0.25, 0.3) is 0 Å². The highest BCUT2D eigenvalue weighted by molar-refractivity contribution is 6.35. The number of allylic oxidation sites excluding steroid dienone is 5. The van der Waals surface area contributed by atoms with Gasteiger partial charge in [0.05, 0.1) is 7.11 Å². The first-order valence-electron chi connectivity index (χ1n) is 15.5. The van der Waals surface area contributed by atoms with Gasteiger partial charge in [0.1, 0.15) is 6.61 Å². The molecule has 5 nitrogen and oxygen atoms in total. The first-order chi connectivity index (χ1) is 20.8. The van der Waals surface area contributed by atoms with Gasteiger partial charge >= 0.3 is 0 Å². The average Bonchev–Trinajstić information content (AvgIpc) is 2.92. The van der Waals surface area contributed by atoms with Crippen LogP contribution in [0.25, 0.3) is 0 Å². The second-order valence-electron chi connectivity index (χ2n) is 13.9. The molecule has 0 bridgehead atoms. The molecule has 1 heterocycles. The van der Waals surface area contributed by atoms with Crippen LogP contribution in [0.15, 0.2) is 65.5 Å². The van der Waals surface area contributed by atoms with E-state index in [0.717, 1.165) is 65.0 Å². The summed E-state index contributed by atoms with van der Waals surface area (Å²) in [5.41, 5.74) is 5.88. The van der Waals surface area contributed by atoms with E-state index in [-0.39, 0.29) is 29.0 Å². The highest BCUT2D eigenvalue weighted by Crippen LogP contribution is 2.55. The number of methoxy groups -OCH3 is 1. The Morgan fingerprint density at radius 2 is 1.55 bits per heavy atom. The maximum atomic E-state index is 14.1. The van der Waals surface area contributed by atoms with Crippen LogP contribution < -0.4 is 9.47 Å². The number of rotatable bonds is 9. The molecule has 5 rings (SSSR count). The fourth-order valence-electron chi connectivity index (χ4n) is 7.14. The zero-order chi connectivity index (χ0) is 32.0. The summed E-state index contributed by atoms with van der Waals surface area (Å²) in [6, 6.07) is 9.33. The van der Waals surface area contributed by atoms with Crippen molar-refractivity contribution in [3.63, 3.8) is 0 Å². The van der Waals surface area contributed by atoms with Crippen LogP contribution in [-0.2, 0) is 22.6 Å². The van der Waals surface area contributed by atoms with Crippen molar-refractivity contribution < 1.29 is 19.1 Å². The smallest absolute Gasteiger partial charge is 0.165 e. The van der Waals surface area contributed by atoms with Gasteiger partial charge in [0.15, 0.2) is 23.1 Å². The molecule has 0 saturated carbocycles. The van der Waals surface area contributed by atoms with Crippen molar-refractivity contribution in [3.05, 3.63) is 92.3 Å². The molecule has 0 amide bonds. The van der Waals surface area contributed by atoms with E-state index in [4.69, 9.17) is 32.7 Å². The Morgan fingerprint density at radius 3 is 2.07 bits per heavy atom. The summed E-state index contributed by atoms with van der Waals surface area (Å²) >= 11 is 12.5. The zero-order valence-electron chi connectivity index (χ0n) is 26.7. The van der Waals surface area contributed by atoms with Gasteiger partial charge in [-0.05, 0) is 60.3 Å². The van der Waals surface area contributed by atoms with Crippen LogP contribution >= 0.6 is 23.2 Å². The first kappa shape index (κ1) is 32.4. The van der Waals surface area contributed by atoms with Crippen LogP contribution in [0.3, 0.4) is 0 Å².